The molecule has 0 saturated carbocycles. The summed E-state index contributed by atoms with van der Waals surface area (Å²) < 4.78 is 1.51. The molecule has 0 spiro atoms. The summed E-state index contributed by atoms with van der Waals surface area (Å²) in [5.74, 6) is -0.0965. The van der Waals surface area contributed by atoms with Gasteiger partial charge in [0.25, 0.3) is 5.56 Å². The molecule has 0 aliphatic rings. The minimum absolute atomic E-state index is 0.0965. The first-order valence-electron chi connectivity index (χ1n) is 6.32. The van der Waals surface area contributed by atoms with Crippen LogP contribution < -0.4 is 10.9 Å². The molecular weight excluding hydrogens is 276 g/mol. The molecule has 0 atom stereocenters. The molecule has 0 radical (unpaired) electrons. The summed E-state index contributed by atoms with van der Waals surface area (Å²) >= 11 is 5.87. The van der Waals surface area contributed by atoms with E-state index in [9.17, 15) is 9.59 Å². The molecule has 0 fully saturated rings. The molecule has 0 aliphatic carbocycles. The second-order valence-corrected chi connectivity index (χ2v) is 4.83. The third-order valence-electron chi connectivity index (χ3n) is 2.86. The van der Waals surface area contributed by atoms with E-state index in [0.717, 1.165) is 5.56 Å². The van der Waals surface area contributed by atoms with Crippen LogP contribution in [-0.4, -0.2) is 10.5 Å². The van der Waals surface area contributed by atoms with Gasteiger partial charge in [0, 0.05) is 36.8 Å². The first-order valence-corrected chi connectivity index (χ1v) is 6.69. The Morgan fingerprint density at radius 2 is 2.05 bits per heavy atom. The monoisotopic (exact) mass is 290 g/mol. The standard InChI is InChI=1S/C15H15ClN2O2/c16-13-5-3-4-12(10-13)11-17-14(19)7-9-18-8-2-1-6-15(18)20/h1-6,8,10H,7,9,11H2,(H,17,19). The van der Waals surface area contributed by atoms with Crippen molar-refractivity contribution >= 4 is 17.5 Å². The van der Waals surface area contributed by atoms with Gasteiger partial charge in [-0.15, -0.1) is 0 Å². The number of amides is 1. The van der Waals surface area contributed by atoms with Crippen molar-refractivity contribution in [2.45, 2.75) is 19.5 Å². The average molecular weight is 291 g/mol. The van der Waals surface area contributed by atoms with Crippen molar-refractivity contribution in [1.29, 1.82) is 0 Å². The van der Waals surface area contributed by atoms with Crippen molar-refractivity contribution in [2.75, 3.05) is 0 Å². The normalized spacial score (nSPS) is 10.2. The predicted molar refractivity (Wildman–Crippen MR) is 78.6 cm³/mol. The molecule has 1 heterocycles. The molecule has 1 aromatic carbocycles. The number of nitrogens with one attached hydrogen (secondary N) is 1. The Morgan fingerprint density at radius 1 is 1.20 bits per heavy atom. The van der Waals surface area contributed by atoms with Gasteiger partial charge in [-0.2, -0.15) is 0 Å². The first-order chi connectivity index (χ1) is 9.65. The molecule has 20 heavy (non-hydrogen) atoms. The molecule has 4 nitrogen and oxygen atoms in total. The Hall–Kier alpha value is -2.07. The third kappa shape index (κ3) is 4.24. The smallest absolute Gasteiger partial charge is 0.250 e. The number of carbonyl (C=O) groups is 1. The molecule has 1 N–H and O–H groups in total. The van der Waals surface area contributed by atoms with Crippen LogP contribution in [0.25, 0.3) is 0 Å². The minimum Gasteiger partial charge on any atom is -0.352 e. The van der Waals surface area contributed by atoms with Crippen LogP contribution in [0.15, 0.2) is 53.5 Å². The third-order valence-corrected chi connectivity index (χ3v) is 3.09. The van der Waals surface area contributed by atoms with Crippen LogP contribution in [-0.2, 0) is 17.9 Å². The highest BCUT2D eigenvalue weighted by Gasteiger charge is 2.03. The Labute approximate surface area is 122 Å². The Bertz CT molecular complexity index is 652. The number of hydrogen-bond donors (Lipinski definition) is 1. The summed E-state index contributed by atoms with van der Waals surface area (Å²) in [6.07, 6.45) is 1.94. The summed E-state index contributed by atoms with van der Waals surface area (Å²) in [6, 6.07) is 12.3. The van der Waals surface area contributed by atoms with Gasteiger partial charge in [-0.1, -0.05) is 29.8 Å². The highest BCUT2D eigenvalue weighted by molar-refractivity contribution is 6.30. The lowest BCUT2D eigenvalue weighted by atomic mass is 10.2. The average Bonchev–Trinajstić information content (AvgIpc) is 2.44. The van der Waals surface area contributed by atoms with E-state index in [2.05, 4.69) is 5.32 Å². The van der Waals surface area contributed by atoms with Crippen LogP contribution in [0.3, 0.4) is 0 Å². The molecule has 2 rings (SSSR count). The minimum atomic E-state index is -0.102. The number of carbonyl (C=O) groups excluding carboxylic acids is 1. The van der Waals surface area contributed by atoms with Crippen molar-refractivity contribution in [3.05, 3.63) is 69.6 Å². The quantitative estimate of drug-likeness (QED) is 0.918. The fraction of sp³-hybridized carbons (Fsp3) is 0.200. The Balaban J connectivity index is 1.82. The Kier molecular flexibility index (Phi) is 4.96. The van der Waals surface area contributed by atoms with E-state index in [0.29, 0.717) is 18.1 Å². The highest BCUT2D eigenvalue weighted by atomic mass is 35.5. The van der Waals surface area contributed by atoms with Crippen LogP contribution >= 0.6 is 11.6 Å². The molecule has 1 aromatic heterocycles. The molecule has 0 bridgehead atoms. The van der Waals surface area contributed by atoms with E-state index < -0.39 is 0 Å². The zero-order valence-corrected chi connectivity index (χ0v) is 11.6. The summed E-state index contributed by atoms with van der Waals surface area (Å²) in [5.41, 5.74) is 0.845. The highest BCUT2D eigenvalue weighted by Crippen LogP contribution is 2.10. The van der Waals surface area contributed by atoms with Gasteiger partial charge in [-0.3, -0.25) is 9.59 Å². The van der Waals surface area contributed by atoms with E-state index in [4.69, 9.17) is 11.6 Å². The summed E-state index contributed by atoms with van der Waals surface area (Å²) in [5, 5.41) is 3.45. The SMILES string of the molecule is O=C(CCn1ccccc1=O)NCc1cccc(Cl)c1. The maximum atomic E-state index is 11.7. The number of aryl methyl sites for hydroxylation is 1. The van der Waals surface area contributed by atoms with Crippen molar-refractivity contribution in [2.24, 2.45) is 0 Å². The number of rotatable bonds is 5. The van der Waals surface area contributed by atoms with E-state index in [1.54, 1.807) is 24.4 Å². The number of hydrogen-bond acceptors (Lipinski definition) is 2. The lowest BCUT2D eigenvalue weighted by molar-refractivity contribution is -0.121. The van der Waals surface area contributed by atoms with Crippen LogP contribution in [0.4, 0.5) is 0 Å². The number of pyridine rings is 1. The first kappa shape index (κ1) is 14.3. The fourth-order valence-corrected chi connectivity index (χ4v) is 2.02. The predicted octanol–water partition coefficient (Wildman–Crippen LogP) is 2.21. The topological polar surface area (TPSA) is 51.1 Å². The van der Waals surface area contributed by atoms with Gasteiger partial charge in [-0.25, -0.2) is 0 Å². The lowest BCUT2D eigenvalue weighted by Gasteiger charge is -2.07. The second-order valence-electron chi connectivity index (χ2n) is 4.39. The van der Waals surface area contributed by atoms with Crippen molar-refractivity contribution < 1.29 is 4.79 Å². The molecular formula is C15H15ClN2O2. The van der Waals surface area contributed by atoms with Crippen LogP contribution in [0.1, 0.15) is 12.0 Å². The van der Waals surface area contributed by atoms with Crippen LogP contribution in [0.5, 0.6) is 0 Å². The molecule has 104 valence electrons. The number of halogens is 1. The maximum absolute atomic E-state index is 11.7. The van der Waals surface area contributed by atoms with E-state index in [1.165, 1.54) is 10.6 Å². The van der Waals surface area contributed by atoms with Gasteiger partial charge in [0.15, 0.2) is 0 Å². The summed E-state index contributed by atoms with van der Waals surface area (Å²) in [4.78, 5) is 23.2. The van der Waals surface area contributed by atoms with E-state index in [-0.39, 0.29) is 17.9 Å². The number of aromatic nitrogens is 1. The van der Waals surface area contributed by atoms with E-state index >= 15 is 0 Å². The molecule has 1 amide bonds. The zero-order valence-electron chi connectivity index (χ0n) is 10.9. The van der Waals surface area contributed by atoms with Gasteiger partial charge in [0.1, 0.15) is 0 Å². The van der Waals surface area contributed by atoms with Crippen molar-refractivity contribution in [1.82, 2.24) is 9.88 Å². The molecule has 0 saturated heterocycles. The Morgan fingerprint density at radius 3 is 2.80 bits per heavy atom. The second kappa shape index (κ2) is 6.91. The molecule has 5 heteroatoms. The fourth-order valence-electron chi connectivity index (χ4n) is 1.80. The largest absolute Gasteiger partial charge is 0.352 e. The summed E-state index contributed by atoms with van der Waals surface area (Å²) in [7, 11) is 0. The lowest BCUT2D eigenvalue weighted by Crippen LogP contribution is -2.26. The summed E-state index contributed by atoms with van der Waals surface area (Å²) in [6.45, 7) is 0.810. The van der Waals surface area contributed by atoms with Crippen LogP contribution in [0, 0.1) is 0 Å². The van der Waals surface area contributed by atoms with Gasteiger partial charge in [0.05, 0.1) is 0 Å². The van der Waals surface area contributed by atoms with Crippen LogP contribution in [0.2, 0.25) is 5.02 Å². The number of nitrogens with zero attached hydrogens (tertiary/aromatic N) is 1. The van der Waals surface area contributed by atoms with Gasteiger partial charge < -0.3 is 9.88 Å². The van der Waals surface area contributed by atoms with Gasteiger partial charge >= 0.3 is 0 Å². The maximum Gasteiger partial charge on any atom is 0.250 e. The van der Waals surface area contributed by atoms with Crippen molar-refractivity contribution in [3.63, 3.8) is 0 Å². The van der Waals surface area contributed by atoms with Crippen molar-refractivity contribution in [3.8, 4) is 0 Å². The number of benzene rings is 1. The van der Waals surface area contributed by atoms with Gasteiger partial charge in [-0.05, 0) is 23.8 Å². The molecule has 0 unspecified atom stereocenters. The van der Waals surface area contributed by atoms with Gasteiger partial charge in [0.2, 0.25) is 5.91 Å². The zero-order chi connectivity index (χ0) is 14.4. The van der Waals surface area contributed by atoms with E-state index in [1.807, 2.05) is 18.2 Å². The molecule has 2 aromatic rings. The molecule has 0 aliphatic heterocycles.